The van der Waals surface area contributed by atoms with Crippen LogP contribution in [0.1, 0.15) is 75.2 Å². The lowest BCUT2D eigenvalue weighted by Gasteiger charge is -2.34. The molecular weight excluding hydrogens is 735 g/mol. The van der Waals surface area contributed by atoms with Crippen LogP contribution in [0.25, 0.3) is 21.5 Å². The highest BCUT2D eigenvalue weighted by Crippen LogP contribution is 2.44. The zero-order valence-corrected chi connectivity index (χ0v) is 34.1. The quantitative estimate of drug-likeness (QED) is 0.0928. The second kappa shape index (κ2) is 15.7. The third-order valence-electron chi connectivity index (χ3n) is 9.92. The summed E-state index contributed by atoms with van der Waals surface area (Å²) in [6.45, 7) is 17.9. The van der Waals surface area contributed by atoms with Gasteiger partial charge in [-0.05, 0) is 92.6 Å². The van der Waals surface area contributed by atoms with Crippen LogP contribution < -0.4 is 10.8 Å². The number of benzene rings is 3. The second-order valence-electron chi connectivity index (χ2n) is 16.7. The number of anilines is 1. The van der Waals surface area contributed by atoms with E-state index >= 15 is 0 Å². The highest BCUT2D eigenvalue weighted by molar-refractivity contribution is 7.89. The number of carbonyl (C=O) groups excluding carboxylic acids is 2. The van der Waals surface area contributed by atoms with Gasteiger partial charge in [0, 0.05) is 47.7 Å². The molecule has 5 atom stereocenters. The van der Waals surface area contributed by atoms with E-state index in [4.69, 9.17) is 9.57 Å². The Labute approximate surface area is 318 Å². The molecule has 2 fully saturated rings. The van der Waals surface area contributed by atoms with Crippen LogP contribution in [-0.2, 0) is 34.4 Å². The van der Waals surface area contributed by atoms with Gasteiger partial charge >= 0.3 is 12.1 Å². The average molecular weight is 788 g/mol. The van der Waals surface area contributed by atoms with Gasteiger partial charge in [0.15, 0.2) is 0 Å². The van der Waals surface area contributed by atoms with Crippen LogP contribution in [0.2, 0.25) is 0 Å². The molecule has 0 spiro atoms. The Kier molecular flexibility index (Phi) is 12.0. The van der Waals surface area contributed by atoms with E-state index in [9.17, 15) is 31.3 Å². The molecule has 2 saturated heterocycles. The minimum Gasteiger partial charge on any atom is -0.458 e. The lowest BCUT2D eigenvalue weighted by Crippen LogP contribution is -2.47. The number of ether oxygens (including phenoxy) is 1. The maximum Gasteiger partial charge on any atom is 0.432 e. The molecular formula is C38H53N5O9S2. The van der Waals surface area contributed by atoms with E-state index in [2.05, 4.69) is 16.0 Å². The molecule has 2 heterocycles. The molecule has 2 aliphatic heterocycles. The molecule has 1 amide bonds. The van der Waals surface area contributed by atoms with Crippen LogP contribution in [0.3, 0.4) is 0 Å². The van der Waals surface area contributed by atoms with Crippen molar-refractivity contribution in [3.05, 3.63) is 41.3 Å². The Bertz CT molecular complexity index is 2010. The van der Waals surface area contributed by atoms with Crippen LogP contribution in [0.15, 0.2) is 51.4 Å². The van der Waals surface area contributed by atoms with Crippen molar-refractivity contribution in [2.75, 3.05) is 31.7 Å². The van der Waals surface area contributed by atoms with Gasteiger partial charge < -0.3 is 14.9 Å². The third kappa shape index (κ3) is 8.82. The normalized spacial score (nSPS) is 22.6. The van der Waals surface area contributed by atoms with Gasteiger partial charge in [0.05, 0.1) is 15.5 Å². The van der Waals surface area contributed by atoms with Crippen molar-refractivity contribution in [3.8, 4) is 0 Å². The summed E-state index contributed by atoms with van der Waals surface area (Å²) in [4.78, 5) is 44.1. The minimum absolute atomic E-state index is 0.0239. The van der Waals surface area contributed by atoms with Crippen LogP contribution in [0.4, 0.5) is 16.2 Å². The molecule has 0 bridgehead atoms. The molecule has 14 nitrogen and oxygen atoms in total. The summed E-state index contributed by atoms with van der Waals surface area (Å²) in [7, 11) is -8.05. The lowest BCUT2D eigenvalue weighted by atomic mass is 9.94. The summed E-state index contributed by atoms with van der Waals surface area (Å²) in [5, 5.41) is 6.61. The number of fused-ring (bicyclic) bond motifs is 2. The van der Waals surface area contributed by atoms with Gasteiger partial charge in [-0.25, -0.2) is 31.9 Å². The number of carbonyl (C=O) groups is 2. The van der Waals surface area contributed by atoms with E-state index in [1.807, 2.05) is 27.7 Å². The Morgan fingerprint density at radius 3 is 1.56 bits per heavy atom. The summed E-state index contributed by atoms with van der Waals surface area (Å²) in [5.74, 6) is -0.477. The van der Waals surface area contributed by atoms with Gasteiger partial charge in [0.25, 0.3) is 0 Å². The first kappa shape index (κ1) is 41.3. The van der Waals surface area contributed by atoms with E-state index in [1.165, 1.54) is 45.0 Å². The third-order valence-corrected chi connectivity index (χ3v) is 13.6. The Hall–Kier alpha value is -3.86. The number of piperidine rings is 2. The number of hydrogen-bond donors (Lipinski definition) is 2. The molecule has 296 valence electrons. The number of rotatable bonds is 10. The standard InChI is InChI=1S/C38H53N5O9S2/c1-22(2)33(36(44)51-38(7,8)9)39-37(45)52-41-35-31-16-27(53(47,48)42-18-23(3)14-24(4)19-42)10-12-29(31)34(40-46)30-13-11-28(17-32(30)35)54(49,50)43-20-25(5)15-26(6)21-43/h10-13,16-17,22-26,33,41H,14-15,18-21H2,1-9H3,(H,39,45)/t23-,24+,25-,26+,33?. The maximum absolute atomic E-state index is 14.1. The van der Waals surface area contributed by atoms with Crippen LogP contribution >= 0.6 is 0 Å². The first-order chi connectivity index (χ1) is 25.1. The molecule has 0 aliphatic carbocycles. The fourth-order valence-corrected chi connectivity index (χ4v) is 11.1. The van der Waals surface area contributed by atoms with Crippen molar-refractivity contribution in [2.24, 2.45) is 34.8 Å². The van der Waals surface area contributed by atoms with Crippen molar-refractivity contribution in [1.29, 1.82) is 0 Å². The topological polar surface area (TPSA) is 181 Å². The zero-order valence-electron chi connectivity index (χ0n) is 32.5. The number of sulfonamides is 2. The molecule has 5 rings (SSSR count). The van der Waals surface area contributed by atoms with Crippen molar-refractivity contribution in [1.82, 2.24) is 13.9 Å². The Morgan fingerprint density at radius 2 is 1.19 bits per heavy atom. The number of nitroso groups, excluding NO2 is 1. The van der Waals surface area contributed by atoms with E-state index in [0.29, 0.717) is 26.2 Å². The van der Waals surface area contributed by atoms with Crippen molar-refractivity contribution >= 4 is 65.0 Å². The van der Waals surface area contributed by atoms with Gasteiger partial charge in [-0.2, -0.15) is 8.61 Å². The fourth-order valence-electron chi connectivity index (χ4n) is 7.71. The SMILES string of the molecule is CC(C)C(NC(=O)ONc1c2cc(S(=O)(=O)N3C[C@H](C)C[C@H](C)C3)ccc2c(N=O)c2ccc(S(=O)(=O)N3C[C@H](C)C[C@H](C)C3)cc12)C(=O)OC(C)(C)C. The zero-order chi connectivity index (χ0) is 39.9. The summed E-state index contributed by atoms with van der Waals surface area (Å²) in [6, 6.07) is 7.43. The van der Waals surface area contributed by atoms with Gasteiger partial charge in [0.2, 0.25) is 20.0 Å². The van der Waals surface area contributed by atoms with E-state index in [1.54, 1.807) is 34.6 Å². The summed E-state index contributed by atoms with van der Waals surface area (Å²) in [6.07, 6.45) is 0.728. The Morgan fingerprint density at radius 1 is 0.759 bits per heavy atom. The van der Waals surface area contributed by atoms with Gasteiger partial charge in [-0.3, -0.25) is 0 Å². The van der Waals surface area contributed by atoms with Crippen LogP contribution in [-0.4, -0.2) is 75.3 Å². The number of hydrogen-bond acceptors (Lipinski definition) is 11. The summed E-state index contributed by atoms with van der Waals surface area (Å²) >= 11 is 0. The monoisotopic (exact) mass is 787 g/mol. The number of nitrogens with one attached hydrogen (secondary N) is 2. The van der Waals surface area contributed by atoms with E-state index in [-0.39, 0.29) is 72.3 Å². The summed E-state index contributed by atoms with van der Waals surface area (Å²) in [5.41, 5.74) is 1.79. The van der Waals surface area contributed by atoms with Gasteiger partial charge in [-0.15, -0.1) is 4.91 Å². The number of esters is 1. The minimum atomic E-state index is -4.02. The number of nitrogens with zero attached hydrogens (tertiary/aromatic N) is 3. The van der Waals surface area contributed by atoms with E-state index < -0.39 is 43.8 Å². The molecule has 1 unspecified atom stereocenters. The number of amides is 1. The molecule has 0 aromatic heterocycles. The molecule has 0 saturated carbocycles. The average Bonchev–Trinajstić information content (AvgIpc) is 3.06. The highest BCUT2D eigenvalue weighted by atomic mass is 32.2. The predicted octanol–water partition coefficient (Wildman–Crippen LogP) is 7.14. The van der Waals surface area contributed by atoms with Gasteiger partial charge in [0.1, 0.15) is 17.3 Å². The molecule has 0 radical (unpaired) electrons. The van der Waals surface area contributed by atoms with Crippen molar-refractivity contribution in [3.63, 3.8) is 0 Å². The maximum atomic E-state index is 14.1. The molecule has 3 aromatic carbocycles. The lowest BCUT2D eigenvalue weighted by molar-refractivity contribution is -0.158. The smallest absolute Gasteiger partial charge is 0.432 e. The van der Waals surface area contributed by atoms with Crippen molar-refractivity contribution < 1.29 is 36.0 Å². The first-order valence-corrected chi connectivity index (χ1v) is 21.3. The van der Waals surface area contributed by atoms with Crippen LogP contribution in [0, 0.1) is 34.5 Å². The van der Waals surface area contributed by atoms with E-state index in [0.717, 1.165) is 12.8 Å². The Balaban J connectivity index is 1.65. The predicted molar refractivity (Wildman–Crippen MR) is 208 cm³/mol. The molecule has 3 aromatic rings. The summed E-state index contributed by atoms with van der Waals surface area (Å²) < 4.78 is 64.7. The van der Waals surface area contributed by atoms with Gasteiger partial charge in [-0.1, -0.05) is 53.7 Å². The molecule has 2 N–H and O–H groups in total. The van der Waals surface area contributed by atoms with Crippen molar-refractivity contribution in [2.45, 2.75) is 96.6 Å². The molecule has 16 heteroatoms. The van der Waals surface area contributed by atoms with Crippen LogP contribution in [0.5, 0.6) is 0 Å². The molecule has 2 aliphatic rings. The largest absolute Gasteiger partial charge is 0.458 e. The first-order valence-electron chi connectivity index (χ1n) is 18.5. The fraction of sp³-hybridized carbons (Fsp3) is 0.579. The highest BCUT2D eigenvalue weighted by Gasteiger charge is 2.35. The molecule has 54 heavy (non-hydrogen) atoms. The second-order valence-corrected chi connectivity index (χ2v) is 20.5.